The summed E-state index contributed by atoms with van der Waals surface area (Å²) in [4.78, 5) is 6.45. The van der Waals surface area contributed by atoms with Crippen LogP contribution in [0.4, 0.5) is 5.69 Å². The molecule has 94 valence electrons. The molecule has 2 heterocycles. The van der Waals surface area contributed by atoms with Gasteiger partial charge in [-0.2, -0.15) is 0 Å². The van der Waals surface area contributed by atoms with Gasteiger partial charge in [0, 0.05) is 38.7 Å². The summed E-state index contributed by atoms with van der Waals surface area (Å²) in [5.74, 6) is 0.690. The van der Waals surface area contributed by atoms with Gasteiger partial charge < -0.3 is 14.7 Å². The molecule has 2 rings (SSSR count). The third-order valence-electron chi connectivity index (χ3n) is 3.34. The maximum Gasteiger partial charge on any atom is 0.0853 e. The van der Waals surface area contributed by atoms with Crippen molar-refractivity contribution in [3.05, 3.63) is 24.0 Å². The van der Waals surface area contributed by atoms with Crippen LogP contribution in [0.1, 0.15) is 18.5 Å². The van der Waals surface area contributed by atoms with E-state index in [1.54, 1.807) is 13.3 Å². The summed E-state index contributed by atoms with van der Waals surface area (Å²) in [6.45, 7) is 2.99. The van der Waals surface area contributed by atoms with Crippen LogP contribution in [-0.4, -0.2) is 36.9 Å². The second-order valence-electron chi connectivity index (χ2n) is 4.55. The molecule has 4 nitrogen and oxygen atoms in total. The quantitative estimate of drug-likeness (QED) is 0.859. The van der Waals surface area contributed by atoms with Crippen molar-refractivity contribution in [1.82, 2.24) is 4.98 Å². The van der Waals surface area contributed by atoms with E-state index in [-0.39, 0.29) is 6.61 Å². The first-order valence-electron chi connectivity index (χ1n) is 6.13. The molecule has 0 unspecified atom stereocenters. The van der Waals surface area contributed by atoms with E-state index in [2.05, 4.69) is 9.88 Å². The maximum atomic E-state index is 9.07. The van der Waals surface area contributed by atoms with Crippen LogP contribution < -0.4 is 4.90 Å². The number of nitrogens with zero attached hydrogens (tertiary/aromatic N) is 2. The average molecular weight is 236 g/mol. The lowest BCUT2D eigenvalue weighted by Crippen LogP contribution is -2.35. The summed E-state index contributed by atoms with van der Waals surface area (Å²) in [5, 5.41) is 9.07. The fraction of sp³-hybridized carbons (Fsp3) is 0.615. The summed E-state index contributed by atoms with van der Waals surface area (Å²) in [7, 11) is 1.77. The van der Waals surface area contributed by atoms with E-state index in [9.17, 15) is 0 Å². The van der Waals surface area contributed by atoms with E-state index in [4.69, 9.17) is 9.84 Å². The third-order valence-corrected chi connectivity index (χ3v) is 3.34. The molecular formula is C13H20N2O2. The van der Waals surface area contributed by atoms with Gasteiger partial charge in [-0.25, -0.2) is 0 Å². The lowest BCUT2D eigenvalue weighted by Gasteiger charge is -2.33. The molecule has 1 aliphatic heterocycles. The number of hydrogen-bond acceptors (Lipinski definition) is 4. The molecule has 0 saturated carbocycles. The number of pyridine rings is 1. The normalized spacial score (nSPS) is 17.4. The number of aromatic nitrogens is 1. The molecule has 1 saturated heterocycles. The van der Waals surface area contributed by atoms with E-state index < -0.39 is 0 Å². The molecule has 0 aromatic carbocycles. The predicted molar refractivity (Wildman–Crippen MR) is 67.0 cm³/mol. The minimum atomic E-state index is 0.00792. The molecule has 1 N–H and O–H groups in total. The minimum Gasteiger partial charge on any atom is -0.390 e. The van der Waals surface area contributed by atoms with Gasteiger partial charge in [0.2, 0.25) is 0 Å². The average Bonchev–Trinajstić information content (AvgIpc) is 2.40. The molecule has 0 amide bonds. The van der Waals surface area contributed by atoms with E-state index in [1.165, 1.54) is 18.5 Å². The number of piperidine rings is 1. The van der Waals surface area contributed by atoms with Gasteiger partial charge in [-0.3, -0.25) is 4.98 Å². The number of methoxy groups -OCH3 is 1. The highest BCUT2D eigenvalue weighted by atomic mass is 16.5. The number of rotatable bonds is 4. The highest BCUT2D eigenvalue weighted by Crippen LogP contribution is 2.23. The number of aliphatic hydroxyl groups is 1. The first kappa shape index (κ1) is 12.3. The predicted octanol–water partition coefficient (Wildman–Crippen LogP) is 1.44. The Bertz CT molecular complexity index is 349. The van der Waals surface area contributed by atoms with E-state index in [1.807, 2.05) is 12.1 Å². The molecule has 4 heteroatoms. The molecule has 1 fully saturated rings. The number of aliphatic hydroxyl groups excluding tert-OH is 1. The highest BCUT2D eigenvalue weighted by Gasteiger charge is 2.19. The lowest BCUT2D eigenvalue weighted by molar-refractivity contribution is 0.139. The zero-order valence-electron chi connectivity index (χ0n) is 10.3. The number of ether oxygens (including phenoxy) is 1. The lowest BCUT2D eigenvalue weighted by atomic mass is 9.97. The maximum absolute atomic E-state index is 9.07. The van der Waals surface area contributed by atoms with Crippen LogP contribution in [0.25, 0.3) is 0 Å². The number of anilines is 1. The van der Waals surface area contributed by atoms with Crippen LogP contribution in [0, 0.1) is 5.92 Å². The van der Waals surface area contributed by atoms with E-state index in [0.717, 1.165) is 25.4 Å². The van der Waals surface area contributed by atoms with Crippen molar-refractivity contribution >= 4 is 5.69 Å². The summed E-state index contributed by atoms with van der Waals surface area (Å²) >= 11 is 0. The first-order valence-corrected chi connectivity index (χ1v) is 6.13. The van der Waals surface area contributed by atoms with Crippen molar-refractivity contribution in [1.29, 1.82) is 0 Å². The van der Waals surface area contributed by atoms with Crippen LogP contribution in [0.3, 0.4) is 0 Å². The molecule has 0 radical (unpaired) electrons. The largest absolute Gasteiger partial charge is 0.390 e. The van der Waals surface area contributed by atoms with E-state index in [0.29, 0.717) is 5.92 Å². The van der Waals surface area contributed by atoms with Gasteiger partial charge in [0.25, 0.3) is 0 Å². The molecule has 0 spiro atoms. The van der Waals surface area contributed by atoms with Gasteiger partial charge in [-0.05, 0) is 30.9 Å². The Hall–Kier alpha value is -1.13. The Labute approximate surface area is 102 Å². The van der Waals surface area contributed by atoms with Gasteiger partial charge >= 0.3 is 0 Å². The molecule has 1 aliphatic rings. The summed E-state index contributed by atoms with van der Waals surface area (Å²) in [6.07, 6.45) is 4.11. The molecule has 1 aromatic rings. The highest BCUT2D eigenvalue weighted by molar-refractivity contribution is 5.46. The fourth-order valence-corrected chi connectivity index (χ4v) is 2.34. The summed E-state index contributed by atoms with van der Waals surface area (Å²) in [5.41, 5.74) is 1.90. The molecule has 0 atom stereocenters. The standard InChI is InChI=1S/C13H20N2O2/c1-17-10-11-3-6-15(7-4-11)13-2-5-14-12(8-13)9-16/h2,5,8,11,16H,3-4,6-7,9-10H2,1H3. The molecule has 0 bridgehead atoms. The molecule has 0 aliphatic carbocycles. The molecule has 17 heavy (non-hydrogen) atoms. The van der Waals surface area contributed by atoms with Crippen molar-refractivity contribution in [2.75, 3.05) is 31.7 Å². The van der Waals surface area contributed by atoms with Crippen LogP contribution in [-0.2, 0) is 11.3 Å². The Morgan fingerprint density at radius 3 is 2.88 bits per heavy atom. The Morgan fingerprint density at radius 1 is 1.47 bits per heavy atom. The summed E-state index contributed by atoms with van der Waals surface area (Å²) in [6, 6.07) is 3.98. The Morgan fingerprint density at radius 2 is 2.24 bits per heavy atom. The van der Waals surface area contributed by atoms with Crippen LogP contribution >= 0.6 is 0 Å². The second-order valence-corrected chi connectivity index (χ2v) is 4.55. The minimum absolute atomic E-state index is 0.00792. The third kappa shape index (κ3) is 3.17. The van der Waals surface area contributed by atoms with Gasteiger partial charge in [0.05, 0.1) is 12.3 Å². The van der Waals surface area contributed by atoms with Gasteiger partial charge in [-0.15, -0.1) is 0 Å². The van der Waals surface area contributed by atoms with Crippen molar-refractivity contribution in [2.24, 2.45) is 5.92 Å². The monoisotopic (exact) mass is 236 g/mol. The van der Waals surface area contributed by atoms with Gasteiger partial charge in [-0.1, -0.05) is 0 Å². The topological polar surface area (TPSA) is 45.6 Å². The summed E-state index contributed by atoms with van der Waals surface area (Å²) < 4.78 is 5.20. The zero-order valence-corrected chi connectivity index (χ0v) is 10.3. The SMILES string of the molecule is COCC1CCN(c2ccnc(CO)c2)CC1. The Kier molecular flexibility index (Phi) is 4.34. The van der Waals surface area contributed by atoms with Crippen molar-refractivity contribution in [3.63, 3.8) is 0 Å². The van der Waals surface area contributed by atoms with Crippen molar-refractivity contribution < 1.29 is 9.84 Å². The first-order chi connectivity index (χ1) is 8.33. The van der Waals surface area contributed by atoms with Gasteiger partial charge in [0.1, 0.15) is 0 Å². The number of hydrogen-bond donors (Lipinski definition) is 1. The van der Waals surface area contributed by atoms with Crippen LogP contribution in [0.2, 0.25) is 0 Å². The van der Waals surface area contributed by atoms with Crippen molar-refractivity contribution in [2.45, 2.75) is 19.4 Å². The molecular weight excluding hydrogens is 216 g/mol. The van der Waals surface area contributed by atoms with Crippen LogP contribution in [0.5, 0.6) is 0 Å². The van der Waals surface area contributed by atoms with Gasteiger partial charge in [0.15, 0.2) is 0 Å². The fourth-order valence-electron chi connectivity index (χ4n) is 2.34. The van der Waals surface area contributed by atoms with Crippen molar-refractivity contribution in [3.8, 4) is 0 Å². The smallest absolute Gasteiger partial charge is 0.0853 e. The van der Waals surface area contributed by atoms with Crippen LogP contribution in [0.15, 0.2) is 18.3 Å². The Balaban J connectivity index is 1.95. The second kappa shape index (κ2) is 5.98. The van der Waals surface area contributed by atoms with E-state index >= 15 is 0 Å². The zero-order chi connectivity index (χ0) is 12.1. The molecule has 1 aromatic heterocycles.